The second-order valence-electron chi connectivity index (χ2n) is 23.8. The molecule has 31 heteroatoms. The number of hydrogen-bond acceptors (Lipinski definition) is 25. The molecule has 2 N–H and O–H groups in total. The fourth-order valence-corrected chi connectivity index (χ4v) is 17.8. The lowest BCUT2D eigenvalue weighted by Crippen LogP contribution is -2.37. The normalized spacial score (nSPS) is 23.1. The highest BCUT2D eigenvalue weighted by atomic mass is 32.7. The largest absolute Gasteiger partial charge is 0.513 e. The number of carbonyl (C=O) groups is 3. The van der Waals surface area contributed by atoms with Crippen molar-refractivity contribution >= 4 is 71.4 Å². The first-order valence-corrected chi connectivity index (χ1v) is 39.4. The summed E-state index contributed by atoms with van der Waals surface area (Å²) in [4.78, 5) is 76.3. The summed E-state index contributed by atoms with van der Waals surface area (Å²) in [5.74, 6) is -1.92. The van der Waals surface area contributed by atoms with Crippen LogP contribution in [0.4, 0.5) is 19.4 Å². The average Bonchev–Trinajstić information content (AvgIpc) is 1.62. The predicted molar refractivity (Wildman–Crippen MR) is 364 cm³/mol. The van der Waals surface area contributed by atoms with Gasteiger partial charge in [-0.2, -0.15) is 0 Å². The topological polar surface area (TPSA) is 309 Å². The highest BCUT2D eigenvalue weighted by Crippen LogP contribution is 2.67. The Balaban J connectivity index is 0.814. The van der Waals surface area contributed by atoms with Crippen LogP contribution in [0.3, 0.4) is 0 Å². The summed E-state index contributed by atoms with van der Waals surface area (Å²) in [5, 5.41) is 0. The Morgan fingerprint density at radius 2 is 1.02 bits per heavy atom. The van der Waals surface area contributed by atoms with E-state index < -0.39 is 105 Å². The maximum absolute atomic E-state index is 17.5. The number of nitrogens with two attached hydrogens (primary N) is 1. The van der Waals surface area contributed by atoms with Crippen molar-refractivity contribution in [3.63, 3.8) is 0 Å². The van der Waals surface area contributed by atoms with Crippen LogP contribution in [0.25, 0.3) is 11.2 Å². The first-order valence-electron chi connectivity index (χ1n) is 33.2. The van der Waals surface area contributed by atoms with E-state index in [0.29, 0.717) is 50.8 Å². The van der Waals surface area contributed by atoms with Crippen molar-refractivity contribution in [2.45, 2.75) is 177 Å². The molecule has 99 heavy (non-hydrogen) atoms. The van der Waals surface area contributed by atoms with Crippen LogP contribution in [0.5, 0.6) is 23.0 Å². The molecular formula is C68H80F2N6O19P2S2. The van der Waals surface area contributed by atoms with E-state index in [1.165, 1.54) is 124 Å². The lowest BCUT2D eigenvalue weighted by atomic mass is 10.1. The number of benzene rings is 4. The minimum absolute atomic E-state index is 0.0236. The molecule has 25 nitrogen and oxygen atoms in total. The molecule has 0 bridgehead atoms. The molecule has 6 heterocycles. The third kappa shape index (κ3) is 20.9. The van der Waals surface area contributed by atoms with Crippen molar-refractivity contribution in [3.8, 4) is 23.0 Å². The molecule has 10 atom stereocenters. The van der Waals surface area contributed by atoms with Gasteiger partial charge in [-0.1, -0.05) is 128 Å². The van der Waals surface area contributed by atoms with Crippen LogP contribution in [0, 0.1) is 0 Å². The number of ether oxygens (including phenoxy) is 7. The van der Waals surface area contributed by atoms with Gasteiger partial charge in [0, 0.05) is 23.8 Å². The number of rotatable bonds is 32. The van der Waals surface area contributed by atoms with Crippen LogP contribution < -0.4 is 36.1 Å². The fraction of sp³-hybridized carbons (Fsp3) is 0.471. The molecule has 3 saturated heterocycles. The maximum Gasteiger partial charge on any atom is 0.513 e. The summed E-state index contributed by atoms with van der Waals surface area (Å²) < 4.78 is 137. The molecule has 4 aromatic carbocycles. The first-order chi connectivity index (χ1) is 48.0. The van der Waals surface area contributed by atoms with Gasteiger partial charge in [0.25, 0.3) is 0 Å². The molecular weight excluding hydrogens is 1370 g/mol. The first kappa shape index (κ1) is 74.4. The van der Waals surface area contributed by atoms with Crippen LogP contribution in [-0.2, 0) is 52.9 Å². The van der Waals surface area contributed by atoms with Crippen molar-refractivity contribution in [2.24, 2.45) is 0 Å². The summed E-state index contributed by atoms with van der Waals surface area (Å²) in [6, 6.07) is 25.4. The molecule has 3 fully saturated rings. The molecule has 0 radical (unpaired) electrons. The van der Waals surface area contributed by atoms with Gasteiger partial charge < -0.3 is 43.3 Å². The smallest absolute Gasteiger partial charge is 0.494 e. The third-order valence-electron chi connectivity index (χ3n) is 16.4. The van der Waals surface area contributed by atoms with Crippen molar-refractivity contribution in [1.82, 2.24) is 24.1 Å². The van der Waals surface area contributed by atoms with E-state index in [9.17, 15) is 24.0 Å². The number of alkyl halides is 2. The Hall–Kier alpha value is -7.30. The predicted octanol–water partition coefficient (Wildman–Crippen LogP) is 15.2. The zero-order valence-corrected chi connectivity index (χ0v) is 58.2. The van der Waals surface area contributed by atoms with E-state index in [4.69, 9.17) is 61.4 Å². The molecule has 3 aromatic heterocycles. The number of imidazole rings is 1. The minimum Gasteiger partial charge on any atom is -0.494 e. The summed E-state index contributed by atoms with van der Waals surface area (Å²) in [6.07, 6.45) is 5.35. The monoisotopic (exact) mass is 1450 g/mol. The standard InChI is InChI=1S/C68H80F2N6O19P2S2/c1-3-5-7-9-11-13-15-17-37-84-49-31-23-47(24-32-49)65(78)88-50-27-19-45(20-28-50)41-98-96(82)87-40-54-60(57(70)64(92-54)76-44-74-58-61(71)72-43-73-62(58)76)95-97(83,86-39-53-59(94-96)56(69)63(91-53)75-36-35-55(77)93-67(75)80)99-42-46-21-29-51(30-22-46)89-66(79)48-25-33-52(34-26-48)90-68(81)85-38-18-16-14-12-10-8-6-4-2/h19-36,43-44,53-54,56-57,59-60,63-64H,3-18,37-42H2,1-2H3,(H2,71,72,73)/t53-,54-,56+,57+,59?,60?,63-,64-,96?,97?/m1/s1. The second kappa shape index (κ2) is 36.3. The van der Waals surface area contributed by atoms with Crippen LogP contribution in [-0.4, -0.2) is 105 Å². The number of unbranched alkanes of at least 4 members (excludes halogenated alkanes) is 14. The minimum atomic E-state index is -4.76. The summed E-state index contributed by atoms with van der Waals surface area (Å²) >= 11 is 1.19. The van der Waals surface area contributed by atoms with Gasteiger partial charge >= 0.3 is 43.1 Å². The number of nitrogens with zero attached hydrogens (tertiary/aromatic N) is 5. The van der Waals surface area contributed by atoms with Crippen molar-refractivity contribution in [2.75, 3.05) is 32.2 Å². The molecule has 10 rings (SSSR count). The Morgan fingerprint density at radius 3 is 1.53 bits per heavy atom. The van der Waals surface area contributed by atoms with Gasteiger partial charge in [-0.25, -0.2) is 56.8 Å². The Kier molecular flexibility index (Phi) is 27.3. The van der Waals surface area contributed by atoms with Gasteiger partial charge in [-0.05, 0) is 120 Å². The van der Waals surface area contributed by atoms with Gasteiger partial charge in [-0.3, -0.25) is 27.2 Å². The molecule has 532 valence electrons. The quantitative estimate of drug-likeness (QED) is 0.0135. The van der Waals surface area contributed by atoms with E-state index in [0.717, 1.165) is 57.1 Å². The molecule has 4 unspecified atom stereocenters. The van der Waals surface area contributed by atoms with Crippen molar-refractivity contribution in [1.29, 1.82) is 0 Å². The van der Waals surface area contributed by atoms with E-state index in [1.54, 1.807) is 48.5 Å². The summed E-state index contributed by atoms with van der Waals surface area (Å²) in [7, 11) is 0. The van der Waals surface area contributed by atoms with Crippen molar-refractivity contribution in [3.05, 3.63) is 165 Å². The van der Waals surface area contributed by atoms with E-state index in [-0.39, 0.29) is 63.5 Å². The molecule has 3 aliphatic rings. The molecule has 0 aliphatic carbocycles. The number of fused-ring (bicyclic) bond motifs is 3. The lowest BCUT2D eigenvalue weighted by molar-refractivity contribution is -0.0570. The summed E-state index contributed by atoms with van der Waals surface area (Å²) in [5.41, 5.74) is 6.60. The Bertz CT molecular complexity index is 4010. The van der Waals surface area contributed by atoms with Gasteiger partial charge in [0.1, 0.15) is 59.3 Å². The van der Waals surface area contributed by atoms with Crippen molar-refractivity contribution < 1.29 is 88.0 Å². The van der Waals surface area contributed by atoms with E-state index >= 15 is 17.9 Å². The number of esters is 2. The van der Waals surface area contributed by atoms with Crippen LogP contribution in [0.2, 0.25) is 0 Å². The number of hydrogen-bond donors (Lipinski definition) is 1. The number of nitrogen functional groups attached to an aromatic ring is 1. The van der Waals surface area contributed by atoms with Gasteiger partial charge in [0.2, 0.25) is 0 Å². The fourth-order valence-electron chi connectivity index (χ4n) is 11.0. The highest BCUT2D eigenvalue weighted by molar-refractivity contribution is 8.55. The average molecular weight is 1450 g/mol. The number of aromatic nitrogens is 5. The van der Waals surface area contributed by atoms with Crippen LogP contribution >= 0.6 is 36.4 Å². The highest BCUT2D eigenvalue weighted by Gasteiger charge is 2.55. The Morgan fingerprint density at radius 1 is 0.566 bits per heavy atom. The van der Waals surface area contributed by atoms with Gasteiger partial charge in [0.05, 0.1) is 43.9 Å². The zero-order valence-electron chi connectivity index (χ0n) is 54.8. The number of halogens is 2. The molecule has 0 saturated carbocycles. The molecule has 0 amide bonds. The number of carbonyl (C=O) groups excluding carboxylic acids is 3. The summed E-state index contributed by atoms with van der Waals surface area (Å²) in [6.45, 7) is -6.02. The third-order valence-corrected chi connectivity index (χ3v) is 23.8. The molecule has 7 aromatic rings. The van der Waals surface area contributed by atoms with Crippen LogP contribution in [0.15, 0.2) is 136 Å². The van der Waals surface area contributed by atoms with E-state index in [1.807, 2.05) is 0 Å². The second-order valence-corrected chi connectivity index (χ2v) is 31.9. The van der Waals surface area contributed by atoms with Gasteiger partial charge in [-0.15, -0.1) is 0 Å². The van der Waals surface area contributed by atoms with Gasteiger partial charge in [0.15, 0.2) is 36.3 Å². The van der Waals surface area contributed by atoms with E-state index in [2.05, 4.69) is 28.8 Å². The van der Waals surface area contributed by atoms with Crippen LogP contribution in [0.1, 0.15) is 161 Å². The SMILES string of the molecule is CCCCCCCCCCOC(=O)Oc1ccc(C(=O)Oc2ccc(CSP3(=O)OC[C@H]4O[C@@H](n5ccc(=O)oc5=O)[C@@H](F)C4OP(=O)(SCc4ccc(OC(=O)c5ccc(OCCCCCCCCCC)cc5)cc4)OC[C@H]4O[C@@H](n5cnc6c(N)ncnc65)[C@@H](F)C4O3)cc2)cc1. The Labute approximate surface area is 578 Å². The molecule has 0 spiro atoms. The molecule has 3 aliphatic heterocycles. The number of anilines is 1. The lowest BCUT2D eigenvalue weighted by Gasteiger charge is -2.30. The maximum atomic E-state index is 17.5. The zero-order chi connectivity index (χ0) is 69.7.